The van der Waals surface area contributed by atoms with Crippen LogP contribution in [-0.2, 0) is 4.79 Å². The Kier molecular flexibility index (Phi) is 4.71. The van der Waals surface area contributed by atoms with Crippen LogP contribution < -0.4 is 0 Å². The van der Waals surface area contributed by atoms with Gasteiger partial charge in [0, 0.05) is 17.6 Å². The van der Waals surface area contributed by atoms with Crippen molar-refractivity contribution in [3.63, 3.8) is 0 Å². The van der Waals surface area contributed by atoms with Crippen LogP contribution in [0.3, 0.4) is 0 Å². The van der Waals surface area contributed by atoms with E-state index in [9.17, 15) is 9.18 Å². The lowest BCUT2D eigenvalue weighted by molar-refractivity contribution is -0.114. The van der Waals surface area contributed by atoms with E-state index < -0.39 is 5.91 Å². The largest absolute Gasteiger partial charge is 0.317 e. The zero-order chi connectivity index (χ0) is 19.0. The van der Waals surface area contributed by atoms with Crippen molar-refractivity contribution in [1.82, 2.24) is 9.47 Å². The van der Waals surface area contributed by atoms with Crippen molar-refractivity contribution in [2.24, 2.45) is 9.39 Å². The number of hydrogen-bond donors (Lipinski definition) is 1. The summed E-state index contributed by atoms with van der Waals surface area (Å²) in [6.07, 6.45) is 3.38. The zero-order valence-electron chi connectivity index (χ0n) is 14.2. The van der Waals surface area contributed by atoms with E-state index in [1.165, 1.54) is 23.9 Å². The van der Waals surface area contributed by atoms with Crippen LogP contribution in [0.5, 0.6) is 0 Å². The van der Waals surface area contributed by atoms with Crippen molar-refractivity contribution in [3.8, 4) is 5.69 Å². The van der Waals surface area contributed by atoms with Crippen LogP contribution >= 0.6 is 23.7 Å². The predicted molar refractivity (Wildman–Crippen MR) is 109 cm³/mol. The van der Waals surface area contributed by atoms with E-state index in [-0.39, 0.29) is 17.2 Å². The Bertz CT molecular complexity index is 1040. The molecule has 3 heterocycles. The fourth-order valence-electron chi connectivity index (χ4n) is 2.74. The summed E-state index contributed by atoms with van der Waals surface area (Å²) in [7, 11) is 0. The number of aliphatic imine (C=N–C) groups is 1. The van der Waals surface area contributed by atoms with Crippen LogP contribution in [0.25, 0.3) is 11.8 Å². The molecule has 1 N–H and O–H groups in total. The summed E-state index contributed by atoms with van der Waals surface area (Å²) in [5, 5.41) is 9.55. The summed E-state index contributed by atoms with van der Waals surface area (Å²) in [5.74, 6) is 0.0127. The van der Waals surface area contributed by atoms with E-state index in [1.54, 1.807) is 46.0 Å². The molecule has 2 aromatic rings. The number of rotatable bonds is 3. The molecule has 1 aromatic heterocycles. The number of carbonyl (C=O) groups is 1. The first kappa shape index (κ1) is 17.7. The van der Waals surface area contributed by atoms with E-state index in [0.717, 1.165) is 17.7 Å². The van der Waals surface area contributed by atoms with Gasteiger partial charge in [0.25, 0.3) is 5.91 Å². The van der Waals surface area contributed by atoms with Gasteiger partial charge in [-0.15, -0.1) is 0 Å². The van der Waals surface area contributed by atoms with Gasteiger partial charge >= 0.3 is 0 Å². The molecule has 27 heavy (non-hydrogen) atoms. The van der Waals surface area contributed by atoms with E-state index in [0.29, 0.717) is 21.7 Å². The topological polar surface area (TPSA) is 73.8 Å². The third kappa shape index (κ3) is 3.24. The van der Waals surface area contributed by atoms with Gasteiger partial charge in [0.2, 0.25) is 5.17 Å². The third-order valence-electron chi connectivity index (χ3n) is 3.93. The average Bonchev–Trinajstić information content (AvgIpc) is 3.26. The molecule has 136 valence electrons. The molecule has 1 aromatic carbocycles. The Labute approximate surface area is 163 Å². The molecule has 0 unspecified atom stereocenters. The maximum Gasteiger partial charge on any atom is 0.283 e. The molecule has 1 amide bonds. The third-order valence-corrected chi connectivity index (χ3v) is 5.56. The van der Waals surface area contributed by atoms with E-state index in [2.05, 4.69) is 9.39 Å². The second-order valence-electron chi connectivity index (χ2n) is 5.62. The van der Waals surface area contributed by atoms with Crippen LogP contribution in [0.2, 0.25) is 0 Å². The van der Waals surface area contributed by atoms with Crippen LogP contribution in [0.15, 0.2) is 57.6 Å². The maximum atomic E-state index is 13.6. The molecule has 0 aliphatic carbocycles. The maximum absolute atomic E-state index is 13.6. The quantitative estimate of drug-likeness (QED) is 0.627. The van der Waals surface area contributed by atoms with Gasteiger partial charge in [-0.3, -0.25) is 10.2 Å². The monoisotopic (exact) mass is 399 g/mol. The molecule has 0 bridgehead atoms. The minimum Gasteiger partial charge on any atom is -0.317 e. The summed E-state index contributed by atoms with van der Waals surface area (Å²) in [6.45, 7) is 1.99. The van der Waals surface area contributed by atoms with Crippen molar-refractivity contribution >= 4 is 51.9 Å². The summed E-state index contributed by atoms with van der Waals surface area (Å²) in [5.41, 5.74) is 1.45. The molecule has 0 atom stereocenters. The van der Waals surface area contributed by atoms with Gasteiger partial charge in [0.1, 0.15) is 11.7 Å². The minimum absolute atomic E-state index is 0.0432. The lowest BCUT2D eigenvalue weighted by Crippen LogP contribution is -2.41. The zero-order valence-corrected chi connectivity index (χ0v) is 15.9. The number of carbonyl (C=O) groups excluding carboxylic acids is 1. The summed E-state index contributed by atoms with van der Waals surface area (Å²) in [6, 6.07) is 9.78. The van der Waals surface area contributed by atoms with Crippen molar-refractivity contribution in [3.05, 3.63) is 59.7 Å². The second-order valence-corrected chi connectivity index (χ2v) is 7.58. The Hall–Kier alpha value is -2.65. The van der Waals surface area contributed by atoms with Crippen LogP contribution in [0.4, 0.5) is 4.39 Å². The molecular weight excluding hydrogens is 385 g/mol. The number of nitrogens with zero attached hydrogens (tertiary/aromatic N) is 4. The highest BCUT2D eigenvalue weighted by molar-refractivity contribution is 8.19. The SMILES string of the molecule is CCSC1=NSC2=NC(=O)/C(=C\c3cccn3-c3cccc(F)c3)C(=N)N12. The molecule has 2 aliphatic rings. The summed E-state index contributed by atoms with van der Waals surface area (Å²) >= 11 is 2.59. The van der Waals surface area contributed by atoms with E-state index in [4.69, 9.17) is 5.41 Å². The number of nitrogens with one attached hydrogen (secondary N) is 1. The number of benzene rings is 1. The number of hydrogen-bond acceptors (Lipinski definition) is 5. The number of fused-ring (bicyclic) bond motifs is 1. The lowest BCUT2D eigenvalue weighted by atomic mass is 10.1. The fourth-order valence-corrected chi connectivity index (χ4v) is 4.31. The first-order chi connectivity index (χ1) is 13.1. The van der Waals surface area contributed by atoms with Crippen LogP contribution in [0, 0.1) is 11.2 Å². The molecule has 6 nitrogen and oxygen atoms in total. The Balaban J connectivity index is 1.73. The molecule has 0 saturated heterocycles. The summed E-state index contributed by atoms with van der Waals surface area (Å²) in [4.78, 5) is 18.1. The van der Waals surface area contributed by atoms with Gasteiger partial charge in [0.15, 0.2) is 5.17 Å². The Morgan fingerprint density at radius 3 is 2.96 bits per heavy atom. The first-order valence-corrected chi connectivity index (χ1v) is 9.89. The van der Waals surface area contributed by atoms with Crippen LogP contribution in [-0.4, -0.2) is 37.3 Å². The van der Waals surface area contributed by atoms with Crippen molar-refractivity contribution < 1.29 is 9.18 Å². The normalized spacial score (nSPS) is 18.0. The molecule has 9 heteroatoms. The van der Waals surface area contributed by atoms with Crippen LogP contribution in [0.1, 0.15) is 12.6 Å². The van der Waals surface area contributed by atoms with Gasteiger partial charge in [-0.25, -0.2) is 9.29 Å². The number of amidine groups is 3. The first-order valence-electron chi connectivity index (χ1n) is 8.13. The number of amides is 1. The highest BCUT2D eigenvalue weighted by Gasteiger charge is 2.37. The fraction of sp³-hybridized carbons (Fsp3) is 0.111. The minimum atomic E-state index is -0.483. The van der Waals surface area contributed by atoms with Gasteiger partial charge in [0.05, 0.1) is 17.5 Å². The molecule has 0 spiro atoms. The predicted octanol–water partition coefficient (Wildman–Crippen LogP) is 3.95. The molecule has 0 fully saturated rings. The highest BCUT2D eigenvalue weighted by atomic mass is 32.2. The van der Waals surface area contributed by atoms with Crippen molar-refractivity contribution in [2.45, 2.75) is 6.92 Å². The molecule has 0 saturated carbocycles. The van der Waals surface area contributed by atoms with E-state index >= 15 is 0 Å². The Morgan fingerprint density at radius 1 is 1.33 bits per heavy atom. The van der Waals surface area contributed by atoms with Gasteiger partial charge in [-0.1, -0.05) is 24.8 Å². The van der Waals surface area contributed by atoms with Gasteiger partial charge in [-0.2, -0.15) is 9.39 Å². The molecular formula is C18H14FN5OS2. The summed E-state index contributed by atoms with van der Waals surface area (Å²) < 4.78 is 19.6. The molecule has 4 rings (SSSR count). The number of halogens is 1. The molecule has 2 aliphatic heterocycles. The number of aromatic nitrogens is 1. The lowest BCUT2D eigenvalue weighted by Gasteiger charge is -2.24. The standard InChI is InChI=1S/C18H14FN5OS2/c1-2-26-18-22-27-17-21-16(25)14(15(20)24(17)18)10-13-7-4-8-23(13)12-6-3-5-11(19)9-12/h3-10,20H,2H2,1H3/b14-10-,20-15?. The van der Waals surface area contributed by atoms with Crippen molar-refractivity contribution in [2.75, 3.05) is 5.75 Å². The van der Waals surface area contributed by atoms with Crippen molar-refractivity contribution in [1.29, 1.82) is 5.41 Å². The highest BCUT2D eigenvalue weighted by Crippen LogP contribution is 2.32. The van der Waals surface area contributed by atoms with Gasteiger partial charge < -0.3 is 4.57 Å². The van der Waals surface area contributed by atoms with Gasteiger partial charge in [-0.05, 0) is 42.2 Å². The second kappa shape index (κ2) is 7.16. The smallest absolute Gasteiger partial charge is 0.283 e. The van der Waals surface area contributed by atoms with E-state index in [1.807, 2.05) is 6.92 Å². The average molecular weight is 399 g/mol. The number of thioether (sulfide) groups is 1. The Morgan fingerprint density at radius 2 is 2.19 bits per heavy atom. The molecule has 0 radical (unpaired) electrons.